The zero-order chi connectivity index (χ0) is 11.8. The van der Waals surface area contributed by atoms with Crippen molar-refractivity contribution in [2.75, 3.05) is 5.73 Å². The Morgan fingerprint density at radius 1 is 1.24 bits per heavy atom. The van der Waals surface area contributed by atoms with Gasteiger partial charge in [-0.3, -0.25) is 9.36 Å². The fourth-order valence-corrected chi connectivity index (χ4v) is 2.52. The number of benzene rings is 1. The zero-order valence-corrected chi connectivity index (χ0v) is 9.78. The quantitative estimate of drug-likeness (QED) is 0.667. The maximum atomic E-state index is 12.2. The minimum atomic E-state index is -0.000212. The van der Waals surface area contributed by atoms with Gasteiger partial charge in [-0.2, -0.15) is 0 Å². The van der Waals surface area contributed by atoms with Gasteiger partial charge in [0.1, 0.15) is 0 Å². The molecule has 3 rings (SSSR count). The van der Waals surface area contributed by atoms with Gasteiger partial charge in [0.25, 0.3) is 5.91 Å². The van der Waals surface area contributed by atoms with Crippen molar-refractivity contribution in [3.05, 3.63) is 52.9 Å². The summed E-state index contributed by atoms with van der Waals surface area (Å²) in [6.45, 7) is 0. The monoisotopic (exact) mass is 242 g/mol. The Morgan fingerprint density at radius 3 is 2.88 bits per heavy atom. The maximum absolute atomic E-state index is 12.2. The first-order valence-electron chi connectivity index (χ1n) is 5.20. The summed E-state index contributed by atoms with van der Waals surface area (Å²) in [5, 5.41) is 2.88. The number of nitrogens with zero attached hydrogens (tertiary/aromatic N) is 1. The van der Waals surface area contributed by atoms with Crippen molar-refractivity contribution < 1.29 is 4.79 Å². The second-order valence-corrected chi connectivity index (χ2v) is 4.73. The number of hydrogen-bond acceptors (Lipinski definition) is 3. The summed E-state index contributed by atoms with van der Waals surface area (Å²) in [5.74, 6) is -0.000212. The molecular formula is C13H10N2OS. The summed E-state index contributed by atoms with van der Waals surface area (Å²) < 4.78 is 1.65. The van der Waals surface area contributed by atoms with Gasteiger partial charge >= 0.3 is 0 Å². The third-order valence-corrected chi connectivity index (χ3v) is 3.52. The lowest BCUT2D eigenvalue weighted by atomic mass is 10.2. The molecule has 0 spiro atoms. The van der Waals surface area contributed by atoms with Crippen LogP contribution in [0.1, 0.15) is 9.67 Å². The van der Waals surface area contributed by atoms with Crippen LogP contribution in [0.25, 0.3) is 10.9 Å². The van der Waals surface area contributed by atoms with Crippen molar-refractivity contribution in [2.45, 2.75) is 0 Å². The van der Waals surface area contributed by atoms with E-state index in [1.807, 2.05) is 35.7 Å². The van der Waals surface area contributed by atoms with Gasteiger partial charge in [-0.25, -0.2) is 0 Å². The highest BCUT2D eigenvalue weighted by molar-refractivity contribution is 7.12. The van der Waals surface area contributed by atoms with E-state index in [4.69, 9.17) is 5.73 Å². The first kappa shape index (κ1) is 10.1. The molecule has 1 aromatic carbocycles. The number of nitrogen functional groups attached to an aromatic ring is 1. The molecule has 0 aliphatic heterocycles. The van der Waals surface area contributed by atoms with Crippen LogP contribution in [0.15, 0.2) is 48.0 Å². The molecule has 84 valence electrons. The minimum absolute atomic E-state index is 0.000212. The summed E-state index contributed by atoms with van der Waals surface area (Å²) in [6, 6.07) is 11.2. The first-order valence-corrected chi connectivity index (χ1v) is 6.08. The zero-order valence-electron chi connectivity index (χ0n) is 8.96. The second kappa shape index (κ2) is 3.75. The molecular weight excluding hydrogens is 232 g/mol. The predicted octanol–water partition coefficient (Wildman–Crippen LogP) is 2.97. The molecule has 17 heavy (non-hydrogen) atoms. The van der Waals surface area contributed by atoms with Gasteiger partial charge in [-0.15, -0.1) is 11.3 Å². The molecule has 2 aromatic heterocycles. The normalized spacial score (nSPS) is 10.8. The highest BCUT2D eigenvalue weighted by Gasteiger charge is 2.11. The fraction of sp³-hybridized carbons (Fsp3) is 0. The summed E-state index contributed by atoms with van der Waals surface area (Å²) in [7, 11) is 0. The lowest BCUT2D eigenvalue weighted by Crippen LogP contribution is -2.08. The summed E-state index contributed by atoms with van der Waals surface area (Å²) in [4.78, 5) is 12.9. The van der Waals surface area contributed by atoms with Crippen LogP contribution in [-0.4, -0.2) is 10.5 Å². The van der Waals surface area contributed by atoms with E-state index < -0.39 is 0 Å². The van der Waals surface area contributed by atoms with Gasteiger partial charge in [-0.1, -0.05) is 6.07 Å². The molecule has 0 bridgehead atoms. The van der Waals surface area contributed by atoms with E-state index >= 15 is 0 Å². The molecule has 0 saturated carbocycles. The summed E-state index contributed by atoms with van der Waals surface area (Å²) in [5.41, 5.74) is 7.31. The van der Waals surface area contributed by atoms with Crippen molar-refractivity contribution >= 4 is 33.8 Å². The molecule has 0 amide bonds. The van der Waals surface area contributed by atoms with Crippen LogP contribution >= 0.6 is 11.3 Å². The van der Waals surface area contributed by atoms with E-state index in [2.05, 4.69) is 0 Å². The van der Waals surface area contributed by atoms with Crippen molar-refractivity contribution in [1.29, 1.82) is 0 Å². The first-order chi connectivity index (χ1) is 8.25. The van der Waals surface area contributed by atoms with E-state index in [-0.39, 0.29) is 5.91 Å². The van der Waals surface area contributed by atoms with Crippen LogP contribution < -0.4 is 5.73 Å². The van der Waals surface area contributed by atoms with Gasteiger partial charge in [0.05, 0.1) is 10.4 Å². The van der Waals surface area contributed by atoms with Crippen molar-refractivity contribution in [1.82, 2.24) is 4.57 Å². The highest BCUT2D eigenvalue weighted by Crippen LogP contribution is 2.21. The van der Waals surface area contributed by atoms with Gasteiger partial charge in [0.2, 0.25) is 0 Å². The smallest absolute Gasteiger partial charge is 0.272 e. The van der Waals surface area contributed by atoms with Gasteiger partial charge < -0.3 is 5.73 Å². The lowest BCUT2D eigenvalue weighted by Gasteiger charge is -2.02. The Labute approximate surface area is 102 Å². The molecule has 3 aromatic rings. The molecule has 2 heterocycles. The molecule has 0 saturated heterocycles. The van der Waals surface area contributed by atoms with Crippen LogP contribution in [0.2, 0.25) is 0 Å². The van der Waals surface area contributed by atoms with Crippen LogP contribution in [0.3, 0.4) is 0 Å². The number of carbonyl (C=O) groups excluding carboxylic acids is 1. The fourth-order valence-electron chi connectivity index (χ4n) is 1.86. The number of aromatic nitrogens is 1. The molecule has 0 aliphatic carbocycles. The van der Waals surface area contributed by atoms with Crippen molar-refractivity contribution in [2.24, 2.45) is 0 Å². The molecule has 0 aliphatic rings. The molecule has 4 heteroatoms. The summed E-state index contributed by atoms with van der Waals surface area (Å²) in [6.07, 6.45) is 1.78. The van der Waals surface area contributed by atoms with Crippen LogP contribution in [0, 0.1) is 0 Å². The Kier molecular flexibility index (Phi) is 2.23. The van der Waals surface area contributed by atoms with Crippen molar-refractivity contribution in [3.8, 4) is 0 Å². The topological polar surface area (TPSA) is 48.0 Å². The van der Waals surface area contributed by atoms with Crippen LogP contribution in [0.5, 0.6) is 0 Å². The Morgan fingerprint density at radius 2 is 2.12 bits per heavy atom. The van der Waals surface area contributed by atoms with E-state index in [0.29, 0.717) is 5.69 Å². The number of rotatable bonds is 1. The maximum Gasteiger partial charge on any atom is 0.272 e. The van der Waals surface area contributed by atoms with E-state index in [0.717, 1.165) is 15.8 Å². The standard InChI is InChI=1S/C13H10N2OS/c14-10-3-4-11-9(8-10)5-6-15(11)13(16)12-2-1-7-17-12/h1-8H,14H2. The van der Waals surface area contributed by atoms with E-state index in [9.17, 15) is 4.79 Å². The second-order valence-electron chi connectivity index (χ2n) is 3.79. The minimum Gasteiger partial charge on any atom is -0.399 e. The van der Waals surface area contributed by atoms with Gasteiger partial charge in [-0.05, 0) is 35.7 Å². The van der Waals surface area contributed by atoms with Gasteiger partial charge in [0.15, 0.2) is 0 Å². The largest absolute Gasteiger partial charge is 0.399 e. The van der Waals surface area contributed by atoms with Gasteiger partial charge in [0, 0.05) is 17.3 Å². The molecule has 0 unspecified atom stereocenters. The molecule has 3 nitrogen and oxygen atoms in total. The average Bonchev–Trinajstić information content (AvgIpc) is 2.96. The van der Waals surface area contributed by atoms with Crippen LogP contribution in [-0.2, 0) is 0 Å². The number of carbonyl (C=O) groups is 1. The van der Waals surface area contributed by atoms with Crippen molar-refractivity contribution in [3.63, 3.8) is 0 Å². The third-order valence-electron chi connectivity index (χ3n) is 2.67. The number of hydrogen-bond donors (Lipinski definition) is 1. The molecule has 0 fully saturated rings. The molecule has 2 N–H and O–H groups in total. The Bertz CT molecular complexity index is 683. The third kappa shape index (κ3) is 1.62. The Balaban J connectivity index is 2.15. The molecule has 0 atom stereocenters. The highest BCUT2D eigenvalue weighted by atomic mass is 32.1. The lowest BCUT2D eigenvalue weighted by molar-refractivity contribution is 0.0969. The SMILES string of the molecule is Nc1ccc2c(ccn2C(=O)c2cccs2)c1. The molecule has 0 radical (unpaired) electrons. The van der Waals surface area contributed by atoms with Crippen LogP contribution in [0.4, 0.5) is 5.69 Å². The number of nitrogens with two attached hydrogens (primary N) is 1. The average molecular weight is 242 g/mol. The van der Waals surface area contributed by atoms with E-state index in [1.165, 1.54) is 11.3 Å². The number of thiophene rings is 1. The predicted molar refractivity (Wildman–Crippen MR) is 70.4 cm³/mol. The number of fused-ring (bicyclic) bond motifs is 1. The summed E-state index contributed by atoms with van der Waals surface area (Å²) >= 11 is 1.45. The van der Waals surface area contributed by atoms with E-state index in [1.54, 1.807) is 16.8 Å². The number of anilines is 1. The Hall–Kier alpha value is -2.07.